The van der Waals surface area contributed by atoms with Gasteiger partial charge in [-0.05, 0) is 62.3 Å². The molecule has 0 saturated heterocycles. The third-order valence-corrected chi connectivity index (χ3v) is 5.63. The molecule has 7 nitrogen and oxygen atoms in total. The number of amides is 1. The van der Waals surface area contributed by atoms with Crippen molar-refractivity contribution in [3.8, 4) is 5.75 Å². The van der Waals surface area contributed by atoms with E-state index in [1.165, 1.54) is 0 Å². The maximum Gasteiger partial charge on any atom is 0.339 e. The molecule has 1 aromatic heterocycles. The lowest BCUT2D eigenvalue weighted by Gasteiger charge is -2.23. The Balaban J connectivity index is 1.91. The van der Waals surface area contributed by atoms with Gasteiger partial charge in [0, 0.05) is 5.56 Å². The molecule has 1 aliphatic carbocycles. The van der Waals surface area contributed by atoms with E-state index >= 15 is 0 Å². The summed E-state index contributed by atoms with van der Waals surface area (Å²) in [5.41, 5.74) is 2.56. The first kappa shape index (κ1) is 20.9. The quantitative estimate of drug-likeness (QED) is 0.691. The lowest BCUT2D eigenvalue weighted by atomic mass is 9.99. The number of carbonyl (C=O) groups excluding carboxylic acids is 1. The highest BCUT2D eigenvalue weighted by Crippen LogP contribution is 2.35. The van der Waals surface area contributed by atoms with Crippen molar-refractivity contribution in [3.63, 3.8) is 0 Å². The normalized spacial score (nSPS) is 16.1. The number of aliphatic carboxylic acids is 1. The Bertz CT molecular complexity index is 1010. The number of benzene rings is 1. The molecule has 2 N–H and O–H groups in total. The molecule has 0 fully saturated rings. The molecular weight excluding hydrogens is 374 g/mol. The van der Waals surface area contributed by atoms with Crippen LogP contribution in [0.25, 0.3) is 11.0 Å². The molecule has 2 aromatic rings. The van der Waals surface area contributed by atoms with Gasteiger partial charge in [0.25, 0.3) is 5.91 Å². The minimum atomic E-state index is -1.07. The Morgan fingerprint density at radius 3 is 2.59 bits per heavy atom. The number of hydrogen-bond acceptors (Lipinski definition) is 5. The Morgan fingerprint density at radius 1 is 1.24 bits per heavy atom. The van der Waals surface area contributed by atoms with Crippen LogP contribution < -0.4 is 15.7 Å². The number of fused-ring (bicyclic) bond motifs is 3. The Labute approximate surface area is 169 Å². The molecular formula is C22H27NO6. The number of nitrogens with one attached hydrogen (secondary N) is 1. The van der Waals surface area contributed by atoms with Gasteiger partial charge in [-0.2, -0.15) is 0 Å². The van der Waals surface area contributed by atoms with Crippen molar-refractivity contribution in [1.29, 1.82) is 0 Å². The second kappa shape index (κ2) is 8.27. The summed E-state index contributed by atoms with van der Waals surface area (Å²) in [5.74, 6) is -1.30. The fraction of sp³-hybridized carbons (Fsp3) is 0.500. The molecule has 156 valence electrons. The average Bonchev–Trinajstić information content (AvgIpc) is 3.14. The molecule has 0 radical (unpaired) electrons. The maximum absolute atomic E-state index is 12.6. The van der Waals surface area contributed by atoms with E-state index < -0.39 is 24.0 Å². The standard InChI is InChI=1S/C22H27NO6/c1-5-12(3)19(21(25)26)23-20(24)13(4)28-16-9-11(2)10-17-18(16)14-7-6-8-15(14)22(27)29-17/h9-10,12-13,19H,5-8H2,1-4H3,(H,23,24)(H,25,26)/t12-,13+,19-/m0/s1. The lowest BCUT2D eigenvalue weighted by Crippen LogP contribution is -2.49. The molecule has 1 aliphatic rings. The van der Waals surface area contributed by atoms with Crippen LogP contribution >= 0.6 is 0 Å². The fourth-order valence-electron chi connectivity index (χ4n) is 3.80. The predicted octanol–water partition coefficient (Wildman–Crippen LogP) is 2.97. The van der Waals surface area contributed by atoms with Crippen molar-refractivity contribution >= 4 is 22.8 Å². The van der Waals surface area contributed by atoms with Crippen LogP contribution in [0.2, 0.25) is 0 Å². The van der Waals surface area contributed by atoms with Crippen molar-refractivity contribution in [1.82, 2.24) is 5.32 Å². The molecule has 0 spiro atoms. The zero-order chi connectivity index (χ0) is 21.3. The summed E-state index contributed by atoms with van der Waals surface area (Å²) in [7, 11) is 0. The fourth-order valence-corrected chi connectivity index (χ4v) is 3.80. The Kier molecular flexibility index (Phi) is 5.96. The summed E-state index contributed by atoms with van der Waals surface area (Å²) >= 11 is 0. The number of aryl methyl sites for hydroxylation is 2. The van der Waals surface area contributed by atoms with E-state index in [1.807, 2.05) is 19.9 Å². The number of rotatable bonds is 7. The van der Waals surface area contributed by atoms with Gasteiger partial charge in [0.2, 0.25) is 0 Å². The van der Waals surface area contributed by atoms with E-state index in [0.717, 1.165) is 29.4 Å². The summed E-state index contributed by atoms with van der Waals surface area (Å²) in [5, 5.41) is 12.7. The topological polar surface area (TPSA) is 106 Å². The van der Waals surface area contributed by atoms with Gasteiger partial charge in [-0.1, -0.05) is 20.3 Å². The van der Waals surface area contributed by atoms with Crippen LogP contribution in [-0.2, 0) is 22.4 Å². The number of carbonyl (C=O) groups is 2. The van der Waals surface area contributed by atoms with Crippen LogP contribution in [0.4, 0.5) is 0 Å². The van der Waals surface area contributed by atoms with Crippen molar-refractivity contribution in [2.75, 3.05) is 0 Å². The van der Waals surface area contributed by atoms with Gasteiger partial charge in [0.1, 0.15) is 17.4 Å². The molecule has 29 heavy (non-hydrogen) atoms. The monoisotopic (exact) mass is 401 g/mol. The molecule has 7 heteroatoms. The van der Waals surface area contributed by atoms with Gasteiger partial charge in [0.05, 0.1) is 5.39 Å². The largest absolute Gasteiger partial charge is 0.480 e. The summed E-state index contributed by atoms with van der Waals surface area (Å²) < 4.78 is 11.5. The maximum atomic E-state index is 12.6. The van der Waals surface area contributed by atoms with Crippen LogP contribution in [0.5, 0.6) is 5.75 Å². The second-order valence-electron chi connectivity index (χ2n) is 7.81. The molecule has 0 saturated carbocycles. The van der Waals surface area contributed by atoms with E-state index in [2.05, 4.69) is 5.32 Å². The van der Waals surface area contributed by atoms with Crippen molar-refractivity contribution in [2.45, 2.75) is 65.5 Å². The summed E-state index contributed by atoms with van der Waals surface area (Å²) in [6.45, 7) is 7.09. The molecule has 3 rings (SSSR count). The average molecular weight is 401 g/mol. The van der Waals surface area contributed by atoms with Crippen molar-refractivity contribution in [2.24, 2.45) is 5.92 Å². The van der Waals surface area contributed by atoms with E-state index in [-0.39, 0.29) is 11.5 Å². The van der Waals surface area contributed by atoms with Crippen LogP contribution in [0, 0.1) is 12.8 Å². The van der Waals surface area contributed by atoms with Gasteiger partial charge in [-0.15, -0.1) is 0 Å². The van der Waals surface area contributed by atoms with Crippen molar-refractivity contribution < 1.29 is 23.8 Å². The zero-order valence-electron chi connectivity index (χ0n) is 17.2. The van der Waals surface area contributed by atoms with E-state index in [1.54, 1.807) is 19.9 Å². The zero-order valence-corrected chi connectivity index (χ0v) is 17.2. The van der Waals surface area contributed by atoms with Gasteiger partial charge in [-0.25, -0.2) is 9.59 Å². The number of ether oxygens (including phenoxy) is 1. The summed E-state index contributed by atoms with van der Waals surface area (Å²) in [6, 6.07) is 2.62. The molecule has 1 amide bonds. The molecule has 0 bridgehead atoms. The molecule has 1 aromatic carbocycles. The first-order valence-electron chi connectivity index (χ1n) is 10.0. The van der Waals surface area contributed by atoms with E-state index in [9.17, 15) is 19.5 Å². The van der Waals surface area contributed by atoms with Crippen molar-refractivity contribution in [3.05, 3.63) is 39.2 Å². The summed E-state index contributed by atoms with van der Waals surface area (Å²) in [6.07, 6.45) is 2.02. The smallest absolute Gasteiger partial charge is 0.339 e. The van der Waals surface area contributed by atoms with Crippen LogP contribution in [0.1, 0.15) is 50.3 Å². The van der Waals surface area contributed by atoms with Crippen LogP contribution in [-0.4, -0.2) is 29.1 Å². The predicted molar refractivity (Wildman–Crippen MR) is 108 cm³/mol. The third kappa shape index (κ3) is 4.13. The second-order valence-corrected chi connectivity index (χ2v) is 7.81. The number of carboxylic acid groups (broad SMARTS) is 1. The van der Waals surface area contributed by atoms with E-state index in [0.29, 0.717) is 29.7 Å². The molecule has 0 aliphatic heterocycles. The highest BCUT2D eigenvalue weighted by molar-refractivity contribution is 5.90. The minimum absolute atomic E-state index is 0.207. The first-order chi connectivity index (χ1) is 13.7. The van der Waals surface area contributed by atoms with Gasteiger partial charge in [0.15, 0.2) is 6.10 Å². The minimum Gasteiger partial charge on any atom is -0.480 e. The SMILES string of the molecule is CC[C@H](C)[C@H](NC(=O)[C@@H](C)Oc1cc(C)cc2oc(=O)c3c(c12)CCC3)C(=O)O. The highest BCUT2D eigenvalue weighted by Gasteiger charge is 2.29. The molecule has 1 heterocycles. The number of hydrogen-bond donors (Lipinski definition) is 2. The Hall–Kier alpha value is -2.83. The molecule has 3 atom stereocenters. The van der Waals surface area contributed by atoms with Gasteiger partial charge in [-0.3, -0.25) is 4.79 Å². The van der Waals surface area contributed by atoms with E-state index in [4.69, 9.17) is 9.15 Å². The van der Waals surface area contributed by atoms with Gasteiger partial charge >= 0.3 is 11.6 Å². The third-order valence-electron chi connectivity index (χ3n) is 5.63. The van der Waals surface area contributed by atoms with Crippen LogP contribution in [0.15, 0.2) is 21.3 Å². The number of carboxylic acids is 1. The first-order valence-corrected chi connectivity index (χ1v) is 10.0. The summed E-state index contributed by atoms with van der Waals surface area (Å²) in [4.78, 5) is 36.3. The van der Waals surface area contributed by atoms with Gasteiger partial charge < -0.3 is 19.6 Å². The highest BCUT2D eigenvalue weighted by atomic mass is 16.5. The Morgan fingerprint density at radius 2 is 1.93 bits per heavy atom. The lowest BCUT2D eigenvalue weighted by molar-refractivity contribution is -0.144. The molecule has 0 unspecified atom stereocenters. The van der Waals surface area contributed by atoms with Crippen LogP contribution in [0.3, 0.4) is 0 Å².